The van der Waals surface area contributed by atoms with E-state index in [-0.39, 0.29) is 6.54 Å². The molecule has 1 aromatic carbocycles. The molecule has 0 amide bonds. The molecule has 0 bridgehead atoms. The van der Waals surface area contributed by atoms with Gasteiger partial charge >= 0.3 is 5.97 Å². The number of hydrogen-bond donors (Lipinski definition) is 3. The Labute approximate surface area is 121 Å². The molecule has 1 rings (SSSR count). The number of carbonyl (C=O) groups is 1. The molecule has 0 atom stereocenters. The van der Waals surface area contributed by atoms with Crippen LogP contribution in [0.4, 0.5) is 0 Å². The van der Waals surface area contributed by atoms with Crippen LogP contribution in [-0.2, 0) is 4.79 Å². The number of nitrogens with zero attached hydrogens (tertiary/aromatic N) is 1. The van der Waals surface area contributed by atoms with Crippen molar-refractivity contribution in [3.8, 4) is 0 Å². The molecule has 0 aliphatic carbocycles. The van der Waals surface area contributed by atoms with Crippen LogP contribution in [0.1, 0.15) is 25.3 Å². The van der Waals surface area contributed by atoms with Crippen LogP contribution in [0.15, 0.2) is 33.9 Å². The quantitative estimate of drug-likeness (QED) is 0.324. The molecule has 0 saturated heterocycles. The highest BCUT2D eigenvalue weighted by Crippen LogP contribution is 2.09. The van der Waals surface area contributed by atoms with Crippen molar-refractivity contribution in [2.75, 3.05) is 13.1 Å². The summed E-state index contributed by atoms with van der Waals surface area (Å²) in [6, 6.07) is 7.50. The minimum absolute atomic E-state index is 0.0833. The Morgan fingerprint density at radius 1 is 1.53 bits per heavy atom. The molecule has 0 saturated carbocycles. The molecule has 0 spiro atoms. The summed E-state index contributed by atoms with van der Waals surface area (Å²) in [6.07, 6.45) is 3.53. The summed E-state index contributed by atoms with van der Waals surface area (Å²) < 4.78 is 0.977. The number of unbranched alkanes of at least 4 members (excludes halogenated alkanes) is 1. The number of hydrogen-bond acceptors (Lipinski definition) is 4. The Bertz CT molecular complexity index is 397. The molecule has 0 unspecified atom stereocenters. The molecule has 0 heterocycles. The summed E-state index contributed by atoms with van der Waals surface area (Å²) in [5, 5.41) is 22.0. The molecule has 0 aliphatic heterocycles. The molecular weight excluding hydrogens is 312 g/mol. The summed E-state index contributed by atoms with van der Waals surface area (Å²) in [6.45, 7) is 2.96. The van der Waals surface area contributed by atoms with Crippen molar-refractivity contribution in [1.29, 1.82) is 0 Å². The lowest BCUT2D eigenvalue weighted by Gasteiger charge is -1.96. The third-order valence-corrected chi connectivity index (χ3v) is 2.53. The van der Waals surface area contributed by atoms with Gasteiger partial charge in [-0.3, -0.25) is 4.79 Å². The summed E-state index contributed by atoms with van der Waals surface area (Å²) in [7, 11) is 0. The highest BCUT2D eigenvalue weighted by atomic mass is 79.9. The van der Waals surface area contributed by atoms with Crippen LogP contribution >= 0.6 is 15.9 Å². The lowest BCUT2D eigenvalue weighted by Crippen LogP contribution is -2.23. The van der Waals surface area contributed by atoms with E-state index in [9.17, 15) is 4.79 Å². The van der Waals surface area contributed by atoms with Crippen LogP contribution in [0.2, 0.25) is 0 Å². The van der Waals surface area contributed by atoms with Crippen LogP contribution in [0.5, 0.6) is 0 Å². The lowest BCUT2D eigenvalue weighted by molar-refractivity contribution is -0.135. The van der Waals surface area contributed by atoms with Crippen molar-refractivity contribution in [1.82, 2.24) is 5.32 Å². The number of carboxylic acids is 1. The number of oxime groups is 1. The number of benzene rings is 1. The van der Waals surface area contributed by atoms with Crippen LogP contribution in [0.3, 0.4) is 0 Å². The Hall–Kier alpha value is -1.40. The second-order valence-electron chi connectivity index (χ2n) is 3.72. The van der Waals surface area contributed by atoms with Crippen molar-refractivity contribution in [2.45, 2.75) is 19.8 Å². The maximum absolute atomic E-state index is 9.90. The van der Waals surface area contributed by atoms with E-state index in [0.29, 0.717) is 0 Å². The van der Waals surface area contributed by atoms with E-state index in [0.717, 1.165) is 29.4 Å². The summed E-state index contributed by atoms with van der Waals surface area (Å²) in [5.74, 6) is -0.786. The van der Waals surface area contributed by atoms with Crippen molar-refractivity contribution >= 4 is 28.1 Å². The molecule has 106 valence electrons. The van der Waals surface area contributed by atoms with E-state index in [1.807, 2.05) is 24.3 Å². The molecule has 0 aliphatic rings. The van der Waals surface area contributed by atoms with E-state index < -0.39 is 5.97 Å². The molecule has 3 N–H and O–H groups in total. The Kier molecular flexibility index (Phi) is 10.8. The largest absolute Gasteiger partial charge is 0.480 e. The highest BCUT2D eigenvalue weighted by molar-refractivity contribution is 9.10. The molecule has 0 aromatic heterocycles. The SMILES string of the molecule is CCCCNCC(=O)O.ON=Cc1cccc(Br)c1. The number of rotatable bonds is 6. The topological polar surface area (TPSA) is 81.9 Å². The number of aliphatic carboxylic acids is 1. The predicted molar refractivity (Wildman–Crippen MR) is 78.9 cm³/mol. The zero-order valence-corrected chi connectivity index (χ0v) is 12.4. The fourth-order valence-electron chi connectivity index (χ4n) is 1.15. The van der Waals surface area contributed by atoms with Gasteiger partial charge < -0.3 is 15.6 Å². The smallest absolute Gasteiger partial charge is 0.317 e. The monoisotopic (exact) mass is 330 g/mol. The maximum atomic E-state index is 9.90. The molecule has 6 heteroatoms. The van der Waals surface area contributed by atoms with E-state index in [1.165, 1.54) is 6.21 Å². The van der Waals surface area contributed by atoms with E-state index in [1.54, 1.807) is 0 Å². The van der Waals surface area contributed by atoms with Gasteiger partial charge in [0.1, 0.15) is 0 Å². The fourth-order valence-corrected chi connectivity index (χ4v) is 1.57. The van der Waals surface area contributed by atoms with Crippen LogP contribution in [0, 0.1) is 0 Å². The van der Waals surface area contributed by atoms with Crippen LogP contribution in [0.25, 0.3) is 0 Å². The molecule has 0 radical (unpaired) electrons. The van der Waals surface area contributed by atoms with Gasteiger partial charge in [-0.2, -0.15) is 0 Å². The Morgan fingerprint density at radius 2 is 2.26 bits per heavy atom. The first-order valence-electron chi connectivity index (χ1n) is 5.95. The first-order valence-corrected chi connectivity index (χ1v) is 6.75. The zero-order valence-electron chi connectivity index (χ0n) is 10.8. The minimum Gasteiger partial charge on any atom is -0.480 e. The summed E-state index contributed by atoms with van der Waals surface area (Å²) in [5.41, 5.74) is 0.872. The molecular formula is C13H19BrN2O3. The van der Waals surface area contributed by atoms with Crippen LogP contribution in [-0.4, -0.2) is 35.6 Å². The first kappa shape index (κ1) is 17.6. The van der Waals surface area contributed by atoms with Gasteiger partial charge in [-0.05, 0) is 30.7 Å². The normalized spacial score (nSPS) is 10.0. The van der Waals surface area contributed by atoms with Gasteiger partial charge in [0.25, 0.3) is 0 Å². The number of nitrogens with one attached hydrogen (secondary N) is 1. The Balaban J connectivity index is 0.000000344. The summed E-state index contributed by atoms with van der Waals surface area (Å²) in [4.78, 5) is 9.90. The molecule has 0 fully saturated rings. The number of carboxylic acid groups (broad SMARTS) is 1. The standard InChI is InChI=1S/C7H6BrNO.C6H13NO2/c8-7-3-1-2-6(4-7)5-9-10;1-2-3-4-7-5-6(8)9/h1-5,10H;7H,2-5H2,1H3,(H,8,9). The zero-order chi connectivity index (χ0) is 14.5. The van der Waals surface area contributed by atoms with Gasteiger partial charge in [0.2, 0.25) is 0 Å². The lowest BCUT2D eigenvalue weighted by atomic mass is 10.2. The minimum atomic E-state index is -0.786. The number of halogens is 1. The van der Waals surface area contributed by atoms with Gasteiger partial charge in [0.15, 0.2) is 0 Å². The average Bonchev–Trinajstić information content (AvgIpc) is 2.36. The highest BCUT2D eigenvalue weighted by Gasteiger charge is 1.92. The van der Waals surface area contributed by atoms with Crippen molar-refractivity contribution in [2.24, 2.45) is 5.16 Å². The second kappa shape index (κ2) is 11.7. The fraction of sp³-hybridized carbons (Fsp3) is 0.385. The molecule has 1 aromatic rings. The molecule has 5 nitrogen and oxygen atoms in total. The van der Waals surface area contributed by atoms with Crippen molar-refractivity contribution in [3.05, 3.63) is 34.3 Å². The van der Waals surface area contributed by atoms with Gasteiger partial charge in [-0.15, -0.1) is 0 Å². The van der Waals surface area contributed by atoms with E-state index in [2.05, 4.69) is 33.3 Å². The van der Waals surface area contributed by atoms with Crippen molar-refractivity contribution in [3.63, 3.8) is 0 Å². The molecule has 19 heavy (non-hydrogen) atoms. The van der Waals surface area contributed by atoms with E-state index in [4.69, 9.17) is 10.3 Å². The average molecular weight is 331 g/mol. The third kappa shape index (κ3) is 11.4. The van der Waals surface area contributed by atoms with Gasteiger partial charge in [-0.25, -0.2) is 0 Å². The second-order valence-corrected chi connectivity index (χ2v) is 4.64. The first-order chi connectivity index (χ1) is 9.10. The van der Waals surface area contributed by atoms with E-state index >= 15 is 0 Å². The van der Waals surface area contributed by atoms with Gasteiger partial charge in [0, 0.05) is 4.47 Å². The third-order valence-electron chi connectivity index (χ3n) is 2.04. The van der Waals surface area contributed by atoms with Gasteiger partial charge in [-0.1, -0.05) is 46.6 Å². The predicted octanol–water partition coefficient (Wildman–Crippen LogP) is 2.72. The van der Waals surface area contributed by atoms with Crippen LogP contribution < -0.4 is 5.32 Å². The summed E-state index contributed by atoms with van der Waals surface area (Å²) >= 11 is 3.29. The maximum Gasteiger partial charge on any atom is 0.317 e. The Morgan fingerprint density at radius 3 is 2.79 bits per heavy atom. The van der Waals surface area contributed by atoms with Crippen molar-refractivity contribution < 1.29 is 15.1 Å². The van der Waals surface area contributed by atoms with Gasteiger partial charge in [0.05, 0.1) is 12.8 Å².